The quantitative estimate of drug-likeness (QED) is 0.609. The van der Waals surface area contributed by atoms with Crippen molar-refractivity contribution in [2.45, 2.75) is 64.1 Å². The highest BCUT2D eigenvalue weighted by Gasteiger charge is 2.54. The first-order chi connectivity index (χ1) is 14.3. The maximum Gasteiger partial charge on any atom is 0.409 e. The lowest BCUT2D eigenvalue weighted by Gasteiger charge is -2.43. The van der Waals surface area contributed by atoms with Crippen molar-refractivity contribution in [2.24, 2.45) is 17.6 Å². The average Bonchev–Trinajstić information content (AvgIpc) is 3.17. The van der Waals surface area contributed by atoms with Gasteiger partial charge in [-0.2, -0.15) is 0 Å². The molecular weight excluding hydrogens is 380 g/mol. The van der Waals surface area contributed by atoms with Gasteiger partial charge in [0.2, 0.25) is 0 Å². The monoisotopic (exact) mass is 412 g/mol. The summed E-state index contributed by atoms with van der Waals surface area (Å²) in [5.74, 6) is 6.04. The van der Waals surface area contributed by atoms with Crippen LogP contribution in [0.25, 0.3) is 0 Å². The van der Waals surface area contributed by atoms with E-state index in [-0.39, 0.29) is 24.0 Å². The molecule has 2 fully saturated rings. The lowest BCUT2D eigenvalue weighted by molar-refractivity contribution is -0.165. The Kier molecular flexibility index (Phi) is 6.72. The Morgan fingerprint density at radius 1 is 1.30 bits per heavy atom. The summed E-state index contributed by atoms with van der Waals surface area (Å²) in [5.41, 5.74) is 7.13. The highest BCUT2D eigenvalue weighted by atomic mass is 16.6. The SMILES string of the molecule is COC(=O)N1CC[C@@H]2[C@H]1CCC[C@]2(C#Cc1cccc(C)c1)OC(=O)[C@@H](N)C(C)C. The van der Waals surface area contributed by atoms with Crippen LogP contribution >= 0.6 is 0 Å². The number of carbonyl (C=O) groups excluding carboxylic acids is 2. The molecule has 6 nitrogen and oxygen atoms in total. The molecule has 2 aliphatic rings. The third-order valence-electron chi connectivity index (χ3n) is 6.31. The van der Waals surface area contributed by atoms with Gasteiger partial charge in [0.25, 0.3) is 0 Å². The Morgan fingerprint density at radius 3 is 2.73 bits per heavy atom. The summed E-state index contributed by atoms with van der Waals surface area (Å²) in [6, 6.07) is 7.18. The number of esters is 1. The highest BCUT2D eigenvalue weighted by molar-refractivity contribution is 5.77. The maximum absolute atomic E-state index is 12.9. The average molecular weight is 413 g/mol. The Morgan fingerprint density at radius 2 is 2.07 bits per heavy atom. The number of ether oxygens (including phenoxy) is 2. The van der Waals surface area contributed by atoms with Crippen molar-refractivity contribution in [3.63, 3.8) is 0 Å². The molecule has 2 N–H and O–H groups in total. The van der Waals surface area contributed by atoms with E-state index in [0.29, 0.717) is 19.4 Å². The highest BCUT2D eigenvalue weighted by Crippen LogP contribution is 2.45. The van der Waals surface area contributed by atoms with Crippen LogP contribution < -0.4 is 5.73 Å². The van der Waals surface area contributed by atoms with E-state index in [1.165, 1.54) is 7.11 Å². The standard InChI is InChI=1S/C24H32N2O4/c1-16(2)21(25)22(27)30-24(13-10-18-8-5-7-17(3)15-18)12-6-9-20-19(24)11-14-26(20)23(28)29-4/h5,7-8,15-16,19-21H,6,9,11-12,14,25H2,1-4H3/t19-,20-,21+,24-/m1/s1. The van der Waals surface area contributed by atoms with Crippen LogP contribution in [0, 0.1) is 30.6 Å². The van der Waals surface area contributed by atoms with E-state index in [4.69, 9.17) is 15.2 Å². The van der Waals surface area contributed by atoms with Crippen LogP contribution in [0.5, 0.6) is 0 Å². The van der Waals surface area contributed by atoms with Gasteiger partial charge >= 0.3 is 12.1 Å². The number of benzene rings is 1. The molecule has 1 heterocycles. The molecule has 1 saturated carbocycles. The van der Waals surface area contributed by atoms with Crippen molar-refractivity contribution in [1.82, 2.24) is 4.90 Å². The van der Waals surface area contributed by atoms with Crippen molar-refractivity contribution in [3.05, 3.63) is 35.4 Å². The minimum absolute atomic E-state index is 0.0335. The molecule has 6 heteroatoms. The number of nitrogens with two attached hydrogens (primary N) is 1. The second kappa shape index (κ2) is 9.09. The number of rotatable bonds is 3. The Balaban J connectivity index is 1.97. The van der Waals surface area contributed by atoms with Gasteiger partial charge in [0.1, 0.15) is 6.04 Å². The minimum Gasteiger partial charge on any atom is -0.453 e. The van der Waals surface area contributed by atoms with E-state index in [2.05, 4.69) is 11.8 Å². The van der Waals surface area contributed by atoms with Crippen molar-refractivity contribution in [3.8, 4) is 11.8 Å². The van der Waals surface area contributed by atoms with Gasteiger partial charge in [-0.3, -0.25) is 4.79 Å². The second-order valence-corrected chi connectivity index (χ2v) is 8.72. The number of hydrogen-bond acceptors (Lipinski definition) is 5. The third-order valence-corrected chi connectivity index (χ3v) is 6.31. The molecule has 1 aliphatic carbocycles. The number of hydrogen-bond donors (Lipinski definition) is 1. The number of likely N-dealkylation sites (tertiary alicyclic amines) is 1. The number of fused-ring (bicyclic) bond motifs is 1. The van der Waals surface area contributed by atoms with Gasteiger partial charge in [0.15, 0.2) is 5.60 Å². The predicted molar refractivity (Wildman–Crippen MR) is 115 cm³/mol. The van der Waals surface area contributed by atoms with Crippen molar-refractivity contribution in [2.75, 3.05) is 13.7 Å². The minimum atomic E-state index is -0.959. The zero-order chi connectivity index (χ0) is 21.9. The number of carbonyl (C=O) groups is 2. The van der Waals surface area contributed by atoms with Gasteiger partial charge < -0.3 is 20.1 Å². The fourth-order valence-corrected chi connectivity index (χ4v) is 4.59. The van der Waals surface area contributed by atoms with Gasteiger partial charge in [0.05, 0.1) is 7.11 Å². The first kappa shape index (κ1) is 22.2. The van der Waals surface area contributed by atoms with E-state index >= 15 is 0 Å². The van der Waals surface area contributed by atoms with Crippen LogP contribution in [0.15, 0.2) is 24.3 Å². The van der Waals surface area contributed by atoms with Crippen LogP contribution in [0.4, 0.5) is 4.79 Å². The predicted octanol–water partition coefficient (Wildman–Crippen LogP) is 3.25. The number of aryl methyl sites for hydroxylation is 1. The number of nitrogens with zero attached hydrogens (tertiary/aromatic N) is 1. The molecule has 0 radical (unpaired) electrons. The summed E-state index contributed by atoms with van der Waals surface area (Å²) >= 11 is 0. The zero-order valence-corrected chi connectivity index (χ0v) is 18.3. The fraction of sp³-hybridized carbons (Fsp3) is 0.583. The molecule has 1 saturated heterocycles. The van der Waals surface area contributed by atoms with E-state index in [0.717, 1.165) is 24.0 Å². The lowest BCUT2D eigenvalue weighted by Crippen LogP contribution is -2.53. The molecule has 1 aromatic rings. The second-order valence-electron chi connectivity index (χ2n) is 8.72. The molecule has 162 valence electrons. The Hall–Kier alpha value is -2.52. The normalized spacial score (nSPS) is 26.4. The molecular formula is C24H32N2O4. The molecule has 0 bridgehead atoms. The maximum atomic E-state index is 12.9. The van der Waals surface area contributed by atoms with E-state index < -0.39 is 17.6 Å². The molecule has 0 unspecified atom stereocenters. The van der Waals surface area contributed by atoms with E-state index in [1.54, 1.807) is 4.90 Å². The van der Waals surface area contributed by atoms with Crippen LogP contribution in [0.2, 0.25) is 0 Å². The van der Waals surface area contributed by atoms with Gasteiger partial charge in [0, 0.05) is 24.1 Å². The Labute approximate surface area is 179 Å². The van der Waals surface area contributed by atoms with Crippen LogP contribution in [0.1, 0.15) is 50.7 Å². The number of methoxy groups -OCH3 is 1. The van der Waals surface area contributed by atoms with Crippen molar-refractivity contribution < 1.29 is 19.1 Å². The van der Waals surface area contributed by atoms with Crippen LogP contribution in [-0.2, 0) is 14.3 Å². The molecule has 1 aromatic carbocycles. The van der Waals surface area contributed by atoms with Crippen molar-refractivity contribution in [1.29, 1.82) is 0 Å². The van der Waals surface area contributed by atoms with E-state index in [1.807, 2.05) is 45.0 Å². The fourth-order valence-electron chi connectivity index (χ4n) is 4.59. The largest absolute Gasteiger partial charge is 0.453 e. The first-order valence-electron chi connectivity index (χ1n) is 10.7. The molecule has 3 rings (SSSR count). The Bertz CT molecular complexity index is 856. The summed E-state index contributed by atoms with van der Waals surface area (Å²) < 4.78 is 11.1. The summed E-state index contributed by atoms with van der Waals surface area (Å²) in [7, 11) is 1.39. The number of amides is 1. The lowest BCUT2D eigenvalue weighted by atomic mass is 9.72. The summed E-state index contributed by atoms with van der Waals surface area (Å²) in [4.78, 5) is 26.9. The molecule has 1 aliphatic heterocycles. The van der Waals surface area contributed by atoms with Crippen LogP contribution in [-0.4, -0.2) is 48.3 Å². The van der Waals surface area contributed by atoms with Crippen molar-refractivity contribution >= 4 is 12.1 Å². The molecule has 1 amide bonds. The van der Waals surface area contributed by atoms with Crippen LogP contribution in [0.3, 0.4) is 0 Å². The van der Waals surface area contributed by atoms with E-state index in [9.17, 15) is 9.59 Å². The van der Waals surface area contributed by atoms with Gasteiger partial charge in [-0.05, 0) is 62.1 Å². The van der Waals surface area contributed by atoms with Gasteiger partial charge in [-0.15, -0.1) is 0 Å². The summed E-state index contributed by atoms with van der Waals surface area (Å²) in [6.07, 6.45) is 2.67. The molecule has 0 aromatic heterocycles. The van der Waals surface area contributed by atoms with Gasteiger partial charge in [-0.25, -0.2) is 4.79 Å². The first-order valence-corrected chi connectivity index (χ1v) is 10.7. The third kappa shape index (κ3) is 4.46. The van der Waals surface area contributed by atoms with Gasteiger partial charge in [-0.1, -0.05) is 31.9 Å². The molecule has 30 heavy (non-hydrogen) atoms. The summed E-state index contributed by atoms with van der Waals surface area (Å²) in [6.45, 7) is 6.39. The topological polar surface area (TPSA) is 81.9 Å². The molecule has 4 atom stereocenters. The molecule has 0 spiro atoms. The zero-order valence-electron chi connectivity index (χ0n) is 18.3. The summed E-state index contributed by atoms with van der Waals surface area (Å²) in [5, 5.41) is 0. The smallest absolute Gasteiger partial charge is 0.409 e.